The quantitative estimate of drug-likeness (QED) is 0.667. The van der Waals surface area contributed by atoms with Gasteiger partial charge in [-0.15, -0.1) is 11.3 Å². The fraction of sp³-hybridized carbons (Fsp3) is 0.0909. The third-order valence-corrected chi connectivity index (χ3v) is 2.97. The number of urea groups is 1. The van der Waals surface area contributed by atoms with Crippen LogP contribution in [0.4, 0.5) is 9.93 Å². The van der Waals surface area contributed by atoms with E-state index in [1.54, 1.807) is 11.4 Å². The monoisotopic (exact) mass is 265 g/mol. The third-order valence-electron chi connectivity index (χ3n) is 2.21. The highest BCUT2D eigenvalue weighted by Crippen LogP contribution is 2.33. The molecule has 0 bridgehead atoms. The first-order chi connectivity index (χ1) is 8.60. The number of aromatic nitrogens is 1. The highest BCUT2D eigenvalue weighted by molar-refractivity contribution is 7.14. The second-order valence-electron chi connectivity index (χ2n) is 3.44. The van der Waals surface area contributed by atoms with Gasteiger partial charge in [-0.2, -0.15) is 0 Å². The second kappa shape index (κ2) is 4.92. The number of nitrogens with one attached hydrogen (secondary N) is 2. The highest BCUT2D eigenvalue weighted by Gasteiger charge is 2.10. The summed E-state index contributed by atoms with van der Waals surface area (Å²) in [5.41, 5.74) is 1.03. The first-order valence-corrected chi connectivity index (χ1v) is 5.94. The van der Waals surface area contributed by atoms with Gasteiger partial charge in [0.1, 0.15) is 11.5 Å². The van der Waals surface area contributed by atoms with E-state index in [4.69, 9.17) is 0 Å². The van der Waals surface area contributed by atoms with Gasteiger partial charge in [0, 0.05) is 24.1 Å². The number of anilines is 1. The van der Waals surface area contributed by atoms with Gasteiger partial charge in [0.05, 0.1) is 5.69 Å². The molecule has 0 saturated heterocycles. The predicted octanol–water partition coefficient (Wildman–Crippen LogP) is 1.97. The minimum absolute atomic E-state index is 0.0183. The molecule has 0 atom stereocenters. The number of hydrogen-bond donors (Lipinski definition) is 4. The molecular formula is C11H11N3O3S. The van der Waals surface area contributed by atoms with Crippen LogP contribution in [0.1, 0.15) is 0 Å². The molecule has 1 aromatic heterocycles. The summed E-state index contributed by atoms with van der Waals surface area (Å²) >= 11 is 1.24. The van der Waals surface area contributed by atoms with Crippen LogP contribution in [0.2, 0.25) is 0 Å². The maximum Gasteiger partial charge on any atom is 0.320 e. The lowest BCUT2D eigenvalue weighted by Gasteiger charge is -2.01. The minimum atomic E-state index is -0.356. The maximum atomic E-state index is 11.1. The molecular weight excluding hydrogens is 254 g/mol. The lowest BCUT2D eigenvalue weighted by Crippen LogP contribution is -2.24. The Bertz CT molecular complexity index is 583. The van der Waals surface area contributed by atoms with Crippen LogP contribution in [0.15, 0.2) is 23.6 Å². The number of thiazole rings is 1. The molecule has 0 spiro atoms. The van der Waals surface area contributed by atoms with Crippen molar-refractivity contribution in [2.75, 3.05) is 12.4 Å². The molecule has 0 fully saturated rings. The van der Waals surface area contributed by atoms with Crippen molar-refractivity contribution >= 4 is 22.5 Å². The standard InChI is InChI=1S/C11H11N3O3S/c1-12-10(17)14-11-13-8(5-18-11)7-3-2-6(15)4-9(7)16/h2-5,15-16H,1H3,(H2,12,13,14,17). The third kappa shape index (κ3) is 2.51. The van der Waals surface area contributed by atoms with Gasteiger partial charge >= 0.3 is 6.03 Å². The summed E-state index contributed by atoms with van der Waals surface area (Å²) in [6.07, 6.45) is 0. The van der Waals surface area contributed by atoms with Crippen molar-refractivity contribution in [3.8, 4) is 22.8 Å². The van der Waals surface area contributed by atoms with Gasteiger partial charge in [0.2, 0.25) is 0 Å². The van der Waals surface area contributed by atoms with E-state index < -0.39 is 0 Å². The van der Waals surface area contributed by atoms with E-state index in [0.29, 0.717) is 16.4 Å². The molecule has 18 heavy (non-hydrogen) atoms. The molecule has 0 aliphatic heterocycles. The SMILES string of the molecule is CNC(=O)Nc1nc(-c2ccc(O)cc2O)cs1. The Hall–Kier alpha value is -2.28. The van der Waals surface area contributed by atoms with Gasteiger partial charge in [0.15, 0.2) is 5.13 Å². The molecule has 7 heteroatoms. The molecule has 2 amide bonds. The number of aromatic hydroxyl groups is 2. The Morgan fingerprint density at radius 3 is 2.83 bits per heavy atom. The zero-order chi connectivity index (χ0) is 13.1. The molecule has 1 aromatic carbocycles. The fourth-order valence-corrected chi connectivity index (χ4v) is 2.06. The van der Waals surface area contributed by atoms with Gasteiger partial charge < -0.3 is 15.5 Å². The van der Waals surface area contributed by atoms with Crippen LogP contribution in [0.25, 0.3) is 11.3 Å². The smallest absolute Gasteiger partial charge is 0.320 e. The van der Waals surface area contributed by atoms with E-state index in [1.165, 1.54) is 30.5 Å². The Kier molecular flexibility index (Phi) is 3.33. The molecule has 6 nitrogen and oxygen atoms in total. The molecule has 0 radical (unpaired) electrons. The number of rotatable bonds is 2. The van der Waals surface area contributed by atoms with Gasteiger partial charge in [-0.05, 0) is 12.1 Å². The zero-order valence-electron chi connectivity index (χ0n) is 9.47. The normalized spacial score (nSPS) is 10.1. The fourth-order valence-electron chi connectivity index (χ4n) is 1.35. The van der Waals surface area contributed by atoms with E-state index in [0.717, 1.165) is 0 Å². The number of hydrogen-bond acceptors (Lipinski definition) is 5. The minimum Gasteiger partial charge on any atom is -0.508 e. The molecule has 0 saturated carbocycles. The highest BCUT2D eigenvalue weighted by atomic mass is 32.1. The van der Waals surface area contributed by atoms with Crippen LogP contribution in [-0.4, -0.2) is 28.3 Å². The van der Waals surface area contributed by atoms with Crippen molar-refractivity contribution in [2.24, 2.45) is 0 Å². The summed E-state index contributed by atoms with van der Waals surface area (Å²) in [7, 11) is 1.51. The average molecular weight is 265 g/mol. The Morgan fingerprint density at radius 1 is 1.39 bits per heavy atom. The van der Waals surface area contributed by atoms with Gasteiger partial charge in [-0.3, -0.25) is 5.32 Å². The average Bonchev–Trinajstić information content (AvgIpc) is 2.77. The number of phenols is 2. The predicted molar refractivity (Wildman–Crippen MR) is 69.0 cm³/mol. The van der Waals surface area contributed by atoms with Gasteiger partial charge in [-0.1, -0.05) is 0 Å². The van der Waals surface area contributed by atoms with Crippen molar-refractivity contribution in [1.29, 1.82) is 0 Å². The van der Waals surface area contributed by atoms with Crippen molar-refractivity contribution in [3.05, 3.63) is 23.6 Å². The molecule has 4 N–H and O–H groups in total. The topological polar surface area (TPSA) is 94.5 Å². The van der Waals surface area contributed by atoms with Crippen molar-refractivity contribution in [3.63, 3.8) is 0 Å². The van der Waals surface area contributed by atoms with Crippen molar-refractivity contribution in [2.45, 2.75) is 0 Å². The summed E-state index contributed by atoms with van der Waals surface area (Å²) in [6.45, 7) is 0. The lowest BCUT2D eigenvalue weighted by atomic mass is 10.1. The van der Waals surface area contributed by atoms with E-state index in [-0.39, 0.29) is 17.5 Å². The van der Waals surface area contributed by atoms with Crippen LogP contribution in [0.5, 0.6) is 11.5 Å². The van der Waals surface area contributed by atoms with Crippen LogP contribution < -0.4 is 10.6 Å². The lowest BCUT2D eigenvalue weighted by molar-refractivity contribution is 0.254. The van der Waals surface area contributed by atoms with Crippen LogP contribution in [0, 0.1) is 0 Å². The molecule has 0 aliphatic rings. The van der Waals surface area contributed by atoms with Gasteiger partial charge in [-0.25, -0.2) is 9.78 Å². The molecule has 0 aliphatic carbocycles. The summed E-state index contributed by atoms with van der Waals surface area (Å²) < 4.78 is 0. The van der Waals surface area contributed by atoms with Crippen LogP contribution >= 0.6 is 11.3 Å². The number of nitrogens with zero attached hydrogens (tertiary/aromatic N) is 1. The number of benzene rings is 1. The number of carbonyl (C=O) groups is 1. The zero-order valence-corrected chi connectivity index (χ0v) is 10.3. The van der Waals surface area contributed by atoms with Crippen LogP contribution in [0.3, 0.4) is 0 Å². The first-order valence-electron chi connectivity index (χ1n) is 5.07. The summed E-state index contributed by atoms with van der Waals surface area (Å²) in [6, 6.07) is 3.90. The van der Waals surface area contributed by atoms with Crippen molar-refractivity contribution in [1.82, 2.24) is 10.3 Å². The Morgan fingerprint density at radius 2 is 2.17 bits per heavy atom. The molecule has 94 valence electrons. The number of amides is 2. The van der Waals surface area contributed by atoms with E-state index in [9.17, 15) is 15.0 Å². The molecule has 1 heterocycles. The molecule has 2 rings (SSSR count). The summed E-state index contributed by atoms with van der Waals surface area (Å²) in [5.74, 6) is -0.0815. The maximum absolute atomic E-state index is 11.1. The first kappa shape index (κ1) is 12.2. The van der Waals surface area contributed by atoms with E-state index in [1.807, 2.05) is 0 Å². The van der Waals surface area contributed by atoms with Gasteiger partial charge in [0.25, 0.3) is 0 Å². The second-order valence-corrected chi connectivity index (χ2v) is 4.30. The summed E-state index contributed by atoms with van der Waals surface area (Å²) in [4.78, 5) is 15.3. The Labute approximate surface area is 107 Å². The van der Waals surface area contributed by atoms with E-state index >= 15 is 0 Å². The Balaban J connectivity index is 2.26. The van der Waals surface area contributed by atoms with E-state index in [2.05, 4.69) is 15.6 Å². The van der Waals surface area contributed by atoms with Crippen LogP contribution in [-0.2, 0) is 0 Å². The summed E-state index contributed by atoms with van der Waals surface area (Å²) in [5, 5.41) is 26.0. The van der Waals surface area contributed by atoms with Crippen molar-refractivity contribution < 1.29 is 15.0 Å². The molecule has 0 unspecified atom stereocenters. The number of phenolic OH excluding ortho intramolecular Hbond substituents is 2. The molecule has 2 aromatic rings. The largest absolute Gasteiger partial charge is 0.508 e. The number of carbonyl (C=O) groups excluding carboxylic acids is 1.